The zero-order valence-electron chi connectivity index (χ0n) is 8.17. The summed E-state index contributed by atoms with van der Waals surface area (Å²) in [5, 5.41) is 10.5. The Bertz CT molecular complexity index is 574. The fourth-order valence-corrected chi connectivity index (χ4v) is 1.20. The minimum absolute atomic E-state index is 0.125. The number of nitro benzene ring substituents is 1. The fraction of sp³-hybridized carbons (Fsp3) is 0.111. The van der Waals surface area contributed by atoms with Gasteiger partial charge >= 0.3 is 11.9 Å². The van der Waals surface area contributed by atoms with Crippen LogP contribution in [-0.4, -0.2) is 23.0 Å². The lowest BCUT2D eigenvalue weighted by atomic mass is 10.3. The van der Waals surface area contributed by atoms with Crippen LogP contribution >= 0.6 is 0 Å². The zero-order chi connectivity index (χ0) is 11.7. The van der Waals surface area contributed by atoms with Crippen LogP contribution in [0.1, 0.15) is 10.7 Å². The van der Waals surface area contributed by atoms with Crippen LogP contribution in [0.4, 0.5) is 5.69 Å². The summed E-state index contributed by atoms with van der Waals surface area (Å²) in [5.74, 6) is -0.947. The largest absolute Gasteiger partial charge is 0.462 e. The molecule has 0 radical (unpaired) electrons. The van der Waals surface area contributed by atoms with Crippen LogP contribution in [0.2, 0.25) is 0 Å². The van der Waals surface area contributed by atoms with Crippen LogP contribution < -0.4 is 0 Å². The molecule has 2 rings (SSSR count). The lowest BCUT2D eigenvalue weighted by Gasteiger charge is -1.89. The number of nitrogens with zero attached hydrogens (tertiary/aromatic N) is 2. The van der Waals surface area contributed by atoms with Gasteiger partial charge in [-0.2, -0.15) is 0 Å². The van der Waals surface area contributed by atoms with Gasteiger partial charge in [-0.3, -0.25) is 10.1 Å². The van der Waals surface area contributed by atoms with Gasteiger partial charge in [0.1, 0.15) is 5.52 Å². The van der Waals surface area contributed by atoms with E-state index in [-0.39, 0.29) is 17.2 Å². The molecule has 82 valence electrons. The molecule has 0 bridgehead atoms. The molecule has 0 spiro atoms. The molecule has 7 nitrogen and oxygen atoms in total. The zero-order valence-corrected chi connectivity index (χ0v) is 8.17. The van der Waals surface area contributed by atoms with Crippen molar-refractivity contribution in [3.8, 4) is 0 Å². The number of methoxy groups -OCH3 is 1. The quantitative estimate of drug-likeness (QED) is 0.434. The van der Waals surface area contributed by atoms with E-state index in [2.05, 4.69) is 9.72 Å². The second-order valence-electron chi connectivity index (χ2n) is 2.92. The molecule has 2 aromatic rings. The minimum Gasteiger partial charge on any atom is -0.462 e. The number of oxazole rings is 1. The van der Waals surface area contributed by atoms with Crippen LogP contribution in [0.15, 0.2) is 22.6 Å². The third kappa shape index (κ3) is 1.58. The number of hydrogen-bond acceptors (Lipinski definition) is 6. The monoisotopic (exact) mass is 222 g/mol. The number of rotatable bonds is 2. The Morgan fingerprint density at radius 3 is 2.94 bits per heavy atom. The van der Waals surface area contributed by atoms with E-state index in [1.807, 2.05) is 0 Å². The third-order valence-corrected chi connectivity index (χ3v) is 1.94. The van der Waals surface area contributed by atoms with Crippen molar-refractivity contribution in [2.45, 2.75) is 0 Å². The molecular formula is C9H6N2O5. The number of hydrogen-bond donors (Lipinski definition) is 0. The van der Waals surface area contributed by atoms with E-state index in [1.54, 1.807) is 0 Å². The average molecular weight is 222 g/mol. The molecular weight excluding hydrogens is 216 g/mol. The molecule has 0 unspecified atom stereocenters. The van der Waals surface area contributed by atoms with Crippen LogP contribution in [0, 0.1) is 10.1 Å². The van der Waals surface area contributed by atoms with Gasteiger partial charge in [-0.15, -0.1) is 0 Å². The smallest absolute Gasteiger partial charge is 0.394 e. The van der Waals surface area contributed by atoms with Crippen molar-refractivity contribution in [2.75, 3.05) is 7.11 Å². The van der Waals surface area contributed by atoms with Crippen molar-refractivity contribution >= 4 is 22.8 Å². The number of esters is 1. The summed E-state index contributed by atoms with van der Waals surface area (Å²) >= 11 is 0. The van der Waals surface area contributed by atoms with Gasteiger partial charge in [0.2, 0.25) is 0 Å². The first-order valence-electron chi connectivity index (χ1n) is 4.25. The number of fused-ring (bicyclic) bond motifs is 1. The normalized spacial score (nSPS) is 10.3. The summed E-state index contributed by atoms with van der Waals surface area (Å²) in [6, 6.07) is 3.89. The molecule has 0 aliphatic carbocycles. The average Bonchev–Trinajstić information content (AvgIpc) is 2.70. The predicted molar refractivity (Wildman–Crippen MR) is 52.0 cm³/mol. The maximum absolute atomic E-state index is 11.1. The Morgan fingerprint density at radius 1 is 1.56 bits per heavy atom. The second-order valence-corrected chi connectivity index (χ2v) is 2.92. The van der Waals surface area contributed by atoms with E-state index in [0.717, 1.165) is 0 Å². The second kappa shape index (κ2) is 3.61. The molecule has 7 heteroatoms. The third-order valence-electron chi connectivity index (χ3n) is 1.94. The van der Waals surface area contributed by atoms with Crippen molar-refractivity contribution in [1.29, 1.82) is 0 Å². The Hall–Kier alpha value is -2.44. The van der Waals surface area contributed by atoms with Gasteiger partial charge in [0.05, 0.1) is 18.1 Å². The highest BCUT2D eigenvalue weighted by atomic mass is 16.6. The van der Waals surface area contributed by atoms with Crippen LogP contribution in [0.3, 0.4) is 0 Å². The Balaban J connectivity index is 2.54. The van der Waals surface area contributed by atoms with Gasteiger partial charge in [0.25, 0.3) is 5.69 Å². The first kappa shape index (κ1) is 10.1. The molecule has 0 aliphatic heterocycles. The molecule has 0 N–H and O–H groups in total. The van der Waals surface area contributed by atoms with E-state index < -0.39 is 10.9 Å². The summed E-state index contributed by atoms with van der Waals surface area (Å²) in [4.78, 5) is 24.8. The molecule has 0 atom stereocenters. The number of ether oxygens (including phenoxy) is 1. The van der Waals surface area contributed by atoms with Gasteiger partial charge < -0.3 is 9.15 Å². The fourth-order valence-electron chi connectivity index (χ4n) is 1.20. The molecule has 0 saturated heterocycles. The SMILES string of the molecule is COC(=O)c1nc2ccc([N+](=O)[O-])cc2o1. The highest BCUT2D eigenvalue weighted by molar-refractivity contribution is 5.88. The first-order valence-corrected chi connectivity index (χ1v) is 4.25. The molecule has 1 heterocycles. The Labute approximate surface area is 88.8 Å². The highest BCUT2D eigenvalue weighted by Crippen LogP contribution is 2.21. The van der Waals surface area contributed by atoms with Gasteiger partial charge in [0, 0.05) is 6.07 Å². The number of nitro groups is 1. The molecule has 0 aliphatic rings. The number of carbonyl (C=O) groups is 1. The van der Waals surface area contributed by atoms with Crippen molar-refractivity contribution in [2.24, 2.45) is 0 Å². The van der Waals surface area contributed by atoms with E-state index in [1.165, 1.54) is 25.3 Å². The highest BCUT2D eigenvalue weighted by Gasteiger charge is 2.16. The summed E-state index contributed by atoms with van der Waals surface area (Å²) in [6.45, 7) is 0. The summed E-state index contributed by atoms with van der Waals surface area (Å²) in [6.07, 6.45) is 0. The maximum Gasteiger partial charge on any atom is 0.394 e. The van der Waals surface area contributed by atoms with Gasteiger partial charge in [-0.25, -0.2) is 9.78 Å². The number of benzene rings is 1. The number of carbonyl (C=O) groups excluding carboxylic acids is 1. The standard InChI is InChI=1S/C9H6N2O5/c1-15-9(12)8-10-6-3-2-5(11(13)14)4-7(6)16-8/h2-4H,1H3. The number of non-ortho nitro benzene ring substituents is 1. The molecule has 0 saturated carbocycles. The first-order chi connectivity index (χ1) is 7.61. The van der Waals surface area contributed by atoms with Crippen LogP contribution in [-0.2, 0) is 4.74 Å². The van der Waals surface area contributed by atoms with Crippen LogP contribution in [0.25, 0.3) is 11.1 Å². The minimum atomic E-state index is -0.723. The van der Waals surface area contributed by atoms with Crippen molar-refractivity contribution in [1.82, 2.24) is 4.98 Å². The molecule has 1 aromatic carbocycles. The molecule has 0 amide bonds. The van der Waals surface area contributed by atoms with Crippen molar-refractivity contribution < 1.29 is 18.9 Å². The van der Waals surface area contributed by atoms with Gasteiger partial charge in [0.15, 0.2) is 5.58 Å². The van der Waals surface area contributed by atoms with E-state index in [9.17, 15) is 14.9 Å². The lowest BCUT2D eigenvalue weighted by Crippen LogP contribution is -2.00. The molecule has 1 aromatic heterocycles. The summed E-state index contributed by atoms with van der Waals surface area (Å²) in [5.41, 5.74) is 0.417. The van der Waals surface area contributed by atoms with E-state index in [0.29, 0.717) is 5.52 Å². The van der Waals surface area contributed by atoms with E-state index in [4.69, 9.17) is 4.42 Å². The number of aromatic nitrogens is 1. The molecule has 0 fully saturated rings. The topological polar surface area (TPSA) is 95.5 Å². The van der Waals surface area contributed by atoms with Crippen molar-refractivity contribution in [3.63, 3.8) is 0 Å². The maximum atomic E-state index is 11.1. The van der Waals surface area contributed by atoms with Crippen LogP contribution in [0.5, 0.6) is 0 Å². The molecule has 16 heavy (non-hydrogen) atoms. The Kier molecular flexibility index (Phi) is 2.28. The summed E-state index contributed by atoms with van der Waals surface area (Å²) < 4.78 is 9.44. The van der Waals surface area contributed by atoms with Gasteiger partial charge in [-0.05, 0) is 6.07 Å². The Morgan fingerprint density at radius 2 is 2.31 bits per heavy atom. The van der Waals surface area contributed by atoms with Gasteiger partial charge in [-0.1, -0.05) is 0 Å². The van der Waals surface area contributed by atoms with Crippen molar-refractivity contribution in [3.05, 3.63) is 34.2 Å². The summed E-state index contributed by atoms with van der Waals surface area (Å²) in [7, 11) is 1.19. The van der Waals surface area contributed by atoms with E-state index >= 15 is 0 Å². The predicted octanol–water partition coefficient (Wildman–Crippen LogP) is 1.52. The lowest BCUT2D eigenvalue weighted by molar-refractivity contribution is -0.384.